The Kier molecular flexibility index (Phi) is 5.15. The Morgan fingerprint density at radius 2 is 1.54 bits per heavy atom. The zero-order valence-electron chi connectivity index (χ0n) is 14.3. The summed E-state index contributed by atoms with van der Waals surface area (Å²) in [5, 5.41) is 0. The molecular formula is C21H25F2P. The van der Waals surface area contributed by atoms with Gasteiger partial charge in [0, 0.05) is 0 Å². The second-order valence-electron chi connectivity index (χ2n) is 7.18. The van der Waals surface area contributed by atoms with E-state index in [4.69, 9.17) is 0 Å². The van der Waals surface area contributed by atoms with Gasteiger partial charge in [0.2, 0.25) is 0 Å². The molecule has 1 aromatic rings. The average Bonchev–Trinajstić information content (AvgIpc) is 2.59. The predicted octanol–water partition coefficient (Wildman–Crippen LogP) is 5.92. The topological polar surface area (TPSA) is 0 Å². The van der Waals surface area contributed by atoms with E-state index in [1.165, 1.54) is 6.07 Å². The Hall–Kier alpha value is -1.53. The molecule has 0 N–H and O–H groups in total. The SMILES string of the molecule is Cc1cc(F)cc(F)c1C[PH](C)(C1C=CC=CC1)C1C=CC=CC1. The molecule has 2 aliphatic carbocycles. The third kappa shape index (κ3) is 3.44. The van der Waals surface area contributed by atoms with E-state index < -0.39 is 18.9 Å². The third-order valence-corrected chi connectivity index (χ3v) is 11.0. The first-order chi connectivity index (χ1) is 11.5. The van der Waals surface area contributed by atoms with Crippen LogP contribution >= 0.6 is 7.26 Å². The first-order valence-electron chi connectivity index (χ1n) is 8.62. The Labute approximate surface area is 144 Å². The van der Waals surface area contributed by atoms with Crippen molar-refractivity contribution in [3.63, 3.8) is 0 Å². The maximum atomic E-state index is 14.5. The van der Waals surface area contributed by atoms with Crippen LogP contribution < -0.4 is 0 Å². The first kappa shape index (κ1) is 17.3. The van der Waals surface area contributed by atoms with Gasteiger partial charge in [-0.1, -0.05) is 0 Å². The van der Waals surface area contributed by atoms with Gasteiger partial charge in [-0.2, -0.15) is 0 Å². The van der Waals surface area contributed by atoms with Crippen LogP contribution in [0.25, 0.3) is 0 Å². The summed E-state index contributed by atoms with van der Waals surface area (Å²) in [6.07, 6.45) is 20.2. The molecule has 2 unspecified atom stereocenters. The molecule has 2 atom stereocenters. The van der Waals surface area contributed by atoms with Crippen LogP contribution in [0.15, 0.2) is 60.7 Å². The van der Waals surface area contributed by atoms with Crippen molar-refractivity contribution >= 4 is 7.26 Å². The normalized spacial score (nSPS) is 23.7. The fourth-order valence-corrected chi connectivity index (χ4v) is 8.75. The van der Waals surface area contributed by atoms with Gasteiger partial charge in [0.1, 0.15) is 0 Å². The van der Waals surface area contributed by atoms with E-state index in [-0.39, 0.29) is 0 Å². The van der Waals surface area contributed by atoms with Crippen molar-refractivity contribution < 1.29 is 8.78 Å². The molecule has 24 heavy (non-hydrogen) atoms. The Bertz CT molecular complexity index is 674. The summed E-state index contributed by atoms with van der Waals surface area (Å²) in [5.74, 6) is -0.880. The van der Waals surface area contributed by atoms with E-state index in [1.54, 1.807) is 0 Å². The van der Waals surface area contributed by atoms with E-state index in [1.807, 2.05) is 6.92 Å². The van der Waals surface area contributed by atoms with Crippen LogP contribution in [-0.4, -0.2) is 18.0 Å². The van der Waals surface area contributed by atoms with Crippen molar-refractivity contribution in [3.05, 3.63) is 83.5 Å². The number of halogens is 2. The molecule has 0 aliphatic heterocycles. The minimum atomic E-state index is -1.91. The monoisotopic (exact) mass is 346 g/mol. The molecule has 0 spiro atoms. The van der Waals surface area contributed by atoms with Gasteiger partial charge in [-0.25, -0.2) is 0 Å². The predicted molar refractivity (Wildman–Crippen MR) is 102 cm³/mol. The van der Waals surface area contributed by atoms with Gasteiger partial charge in [0.05, 0.1) is 0 Å². The second-order valence-corrected chi connectivity index (χ2v) is 12.0. The van der Waals surface area contributed by atoms with Gasteiger partial charge in [-0.05, 0) is 0 Å². The standard InChI is InChI=1S/C21H25F2P/c1-16-13-17(22)14-21(23)20(16)15-24(2,18-9-5-3-6-10-18)19-11-7-4-8-12-19/h3-9,11,13-14,18-19,24H,10,12,15H2,1-2H3. The van der Waals surface area contributed by atoms with Crippen LogP contribution in [0.5, 0.6) is 0 Å². The maximum absolute atomic E-state index is 14.5. The summed E-state index contributed by atoms with van der Waals surface area (Å²) in [6, 6.07) is 2.49. The fraction of sp³-hybridized carbons (Fsp3) is 0.333. The molecule has 0 aromatic heterocycles. The number of allylic oxidation sites excluding steroid dienone is 8. The number of hydrogen-bond donors (Lipinski definition) is 0. The van der Waals surface area contributed by atoms with E-state index in [9.17, 15) is 8.78 Å². The van der Waals surface area contributed by atoms with Gasteiger partial charge in [-0.15, -0.1) is 0 Å². The molecule has 2 aliphatic rings. The molecule has 0 saturated heterocycles. The Morgan fingerprint density at radius 3 is 2.00 bits per heavy atom. The first-order valence-corrected chi connectivity index (χ1v) is 11.5. The van der Waals surface area contributed by atoms with Crippen molar-refractivity contribution in [2.45, 2.75) is 37.2 Å². The van der Waals surface area contributed by atoms with Crippen molar-refractivity contribution in [2.24, 2.45) is 0 Å². The van der Waals surface area contributed by atoms with E-state index in [0.29, 0.717) is 16.9 Å². The summed E-state index contributed by atoms with van der Waals surface area (Å²) in [7, 11) is -1.91. The number of hydrogen-bond acceptors (Lipinski definition) is 0. The summed E-state index contributed by atoms with van der Waals surface area (Å²) < 4.78 is 28.0. The molecule has 0 nitrogen and oxygen atoms in total. The van der Waals surface area contributed by atoms with Crippen LogP contribution in [0.2, 0.25) is 0 Å². The van der Waals surface area contributed by atoms with Gasteiger partial charge >= 0.3 is 143 Å². The van der Waals surface area contributed by atoms with E-state index in [0.717, 1.165) is 30.6 Å². The van der Waals surface area contributed by atoms with Gasteiger partial charge in [-0.3, -0.25) is 0 Å². The van der Waals surface area contributed by atoms with E-state index in [2.05, 4.69) is 55.3 Å². The van der Waals surface area contributed by atoms with Crippen molar-refractivity contribution in [2.75, 3.05) is 6.66 Å². The molecule has 0 saturated carbocycles. The molecule has 0 radical (unpaired) electrons. The van der Waals surface area contributed by atoms with Gasteiger partial charge in [0.15, 0.2) is 0 Å². The minimum absolute atomic E-state index is 0.392. The van der Waals surface area contributed by atoms with Crippen molar-refractivity contribution in [1.82, 2.24) is 0 Å². The summed E-state index contributed by atoms with van der Waals surface area (Å²) in [5.41, 5.74) is 2.40. The second kappa shape index (κ2) is 7.15. The van der Waals surface area contributed by atoms with Gasteiger partial charge in [0.25, 0.3) is 0 Å². The van der Waals surface area contributed by atoms with Gasteiger partial charge < -0.3 is 0 Å². The molecule has 0 amide bonds. The molecule has 0 bridgehead atoms. The summed E-state index contributed by atoms with van der Waals surface area (Å²) in [4.78, 5) is 0. The number of rotatable bonds is 4. The Morgan fingerprint density at radius 1 is 0.958 bits per heavy atom. The quantitative estimate of drug-likeness (QED) is 0.594. The molecule has 0 heterocycles. The average molecular weight is 346 g/mol. The zero-order chi connectivity index (χ0) is 17.2. The van der Waals surface area contributed by atoms with Crippen molar-refractivity contribution in [3.8, 4) is 0 Å². The van der Waals surface area contributed by atoms with Crippen LogP contribution in [0.1, 0.15) is 24.0 Å². The summed E-state index contributed by atoms with van der Waals surface area (Å²) in [6.45, 7) is 4.21. The molecule has 3 rings (SSSR count). The van der Waals surface area contributed by atoms with Crippen LogP contribution in [0, 0.1) is 18.6 Å². The number of aryl methyl sites for hydroxylation is 1. The van der Waals surface area contributed by atoms with E-state index >= 15 is 0 Å². The van der Waals surface area contributed by atoms with Crippen molar-refractivity contribution in [1.29, 1.82) is 0 Å². The summed E-state index contributed by atoms with van der Waals surface area (Å²) >= 11 is 0. The van der Waals surface area contributed by atoms with Crippen LogP contribution in [0.3, 0.4) is 0 Å². The van der Waals surface area contributed by atoms with Crippen LogP contribution in [-0.2, 0) is 6.16 Å². The Balaban J connectivity index is 1.99. The molecule has 3 heteroatoms. The molecule has 128 valence electrons. The molecule has 1 aromatic carbocycles. The molecule has 0 fully saturated rings. The number of benzene rings is 1. The zero-order valence-corrected chi connectivity index (χ0v) is 15.3. The van der Waals surface area contributed by atoms with Crippen LogP contribution in [0.4, 0.5) is 8.78 Å². The fourth-order valence-electron chi connectivity index (χ4n) is 4.01. The third-order valence-electron chi connectivity index (χ3n) is 5.60. The molecular weight excluding hydrogens is 321 g/mol.